The van der Waals surface area contributed by atoms with Crippen molar-refractivity contribution in [1.82, 2.24) is 4.90 Å². The van der Waals surface area contributed by atoms with Gasteiger partial charge in [-0.2, -0.15) is 0 Å². The third-order valence-electron chi connectivity index (χ3n) is 12.2. The van der Waals surface area contributed by atoms with Gasteiger partial charge in [0.2, 0.25) is 0 Å². The number of aromatic hydroxyl groups is 1. The van der Waals surface area contributed by atoms with E-state index in [0.29, 0.717) is 19.4 Å². The molecule has 0 radical (unpaired) electrons. The third-order valence-corrected chi connectivity index (χ3v) is 12.2. The third kappa shape index (κ3) is 29.8. The largest absolute Gasteiger partial charge is 0.502 e. The van der Waals surface area contributed by atoms with E-state index in [-0.39, 0.29) is 29.8 Å². The molecular weight excluding hydrogens is 753 g/mol. The average Bonchev–Trinajstić information content (AvgIpc) is 3.25. The number of esters is 2. The molecule has 0 bridgehead atoms. The van der Waals surface area contributed by atoms with Crippen molar-refractivity contribution >= 4 is 17.6 Å². The lowest BCUT2D eigenvalue weighted by Gasteiger charge is -2.22. The van der Waals surface area contributed by atoms with Gasteiger partial charge in [0.05, 0.1) is 0 Å². The smallest absolute Gasteiger partial charge is 0.306 e. The second-order valence-electron chi connectivity index (χ2n) is 17.8. The first-order valence-corrected chi connectivity index (χ1v) is 25.6. The molecule has 1 aromatic carbocycles. The topological polar surface area (TPSA) is 122 Å². The van der Waals surface area contributed by atoms with E-state index < -0.39 is 16.6 Å². The van der Waals surface area contributed by atoms with E-state index >= 15 is 0 Å². The Kier molecular flexibility index (Phi) is 36.5. The summed E-state index contributed by atoms with van der Waals surface area (Å²) in [4.78, 5) is 50.9. The van der Waals surface area contributed by atoms with Crippen LogP contribution in [0.2, 0.25) is 0 Å². The molecule has 0 aliphatic heterocycles. The molecule has 2 N–H and O–H groups in total. The van der Waals surface area contributed by atoms with Gasteiger partial charge < -0.3 is 24.8 Å². The molecule has 9 nitrogen and oxygen atoms in total. The molecule has 350 valence electrons. The van der Waals surface area contributed by atoms with Crippen LogP contribution in [0.3, 0.4) is 0 Å². The van der Waals surface area contributed by atoms with Crippen LogP contribution >= 0.6 is 0 Å². The van der Waals surface area contributed by atoms with Gasteiger partial charge in [0.25, 0.3) is 10.9 Å². The summed E-state index contributed by atoms with van der Waals surface area (Å²) in [5.74, 6) is -0.508. The highest BCUT2D eigenvalue weighted by Crippen LogP contribution is 2.20. The van der Waals surface area contributed by atoms with Crippen LogP contribution in [0, 0.1) is 0 Å². The van der Waals surface area contributed by atoms with Crippen LogP contribution in [0.15, 0.2) is 9.59 Å². The van der Waals surface area contributed by atoms with Crippen LogP contribution in [0.25, 0.3) is 0 Å². The summed E-state index contributed by atoms with van der Waals surface area (Å²) in [5, 5.41) is 12.6. The van der Waals surface area contributed by atoms with Gasteiger partial charge in [0.1, 0.15) is 17.9 Å². The normalized spacial score (nSPS) is 12.2. The van der Waals surface area contributed by atoms with E-state index in [1.54, 1.807) is 0 Å². The second kappa shape index (κ2) is 39.4. The Morgan fingerprint density at radius 2 is 0.850 bits per heavy atom. The molecular formula is C51H94N2O7. The second-order valence-corrected chi connectivity index (χ2v) is 17.8. The lowest BCUT2D eigenvalue weighted by molar-refractivity contribution is -0.150. The molecule has 0 spiro atoms. The number of nitrogens with zero attached hydrogens (tertiary/aromatic N) is 1. The zero-order chi connectivity index (χ0) is 43.9. The summed E-state index contributed by atoms with van der Waals surface area (Å²) in [6.07, 6.45) is 39.0. The molecule has 60 heavy (non-hydrogen) atoms. The summed E-state index contributed by atoms with van der Waals surface area (Å²) >= 11 is 0. The van der Waals surface area contributed by atoms with Crippen LogP contribution in [0.4, 0.5) is 5.69 Å². The highest BCUT2D eigenvalue weighted by Gasteiger charge is 2.19. The molecule has 0 fully saturated rings. The molecule has 0 aliphatic rings. The van der Waals surface area contributed by atoms with Crippen molar-refractivity contribution in [3.05, 3.63) is 20.4 Å². The Morgan fingerprint density at radius 3 is 1.28 bits per heavy atom. The molecule has 1 unspecified atom stereocenters. The Balaban J connectivity index is 2.38. The van der Waals surface area contributed by atoms with Crippen molar-refractivity contribution in [2.75, 3.05) is 31.5 Å². The van der Waals surface area contributed by atoms with E-state index in [2.05, 4.69) is 37.9 Å². The number of rotatable bonds is 45. The van der Waals surface area contributed by atoms with Gasteiger partial charge in [0, 0.05) is 19.4 Å². The van der Waals surface area contributed by atoms with Gasteiger partial charge in [0.15, 0.2) is 5.75 Å². The average molecular weight is 847 g/mol. The van der Waals surface area contributed by atoms with E-state index in [1.807, 2.05) is 0 Å². The van der Waals surface area contributed by atoms with Crippen molar-refractivity contribution in [1.29, 1.82) is 0 Å². The molecule has 0 aliphatic carbocycles. The highest BCUT2D eigenvalue weighted by atomic mass is 16.5. The maximum Gasteiger partial charge on any atom is 0.306 e. The van der Waals surface area contributed by atoms with E-state index in [0.717, 1.165) is 135 Å². The number of nitrogens with one attached hydrogen (secondary N) is 1. The molecule has 9 heteroatoms. The van der Waals surface area contributed by atoms with Crippen LogP contribution in [-0.4, -0.2) is 60.3 Å². The predicted molar refractivity (Wildman–Crippen MR) is 252 cm³/mol. The van der Waals surface area contributed by atoms with Gasteiger partial charge in [-0.15, -0.1) is 0 Å². The molecule has 1 atom stereocenters. The SMILES string of the molecule is CCCCCCCCC(CC)OC(=O)CCCCCCCN(CCCCCCCC(=O)OC(CCCCCCCC)CCCCCCCC)CCCNc1c(O)c(=O)c1=O. The summed E-state index contributed by atoms with van der Waals surface area (Å²) in [7, 11) is 0. The van der Waals surface area contributed by atoms with Crippen LogP contribution in [0.5, 0.6) is 5.75 Å². The Morgan fingerprint density at radius 1 is 0.483 bits per heavy atom. The van der Waals surface area contributed by atoms with E-state index in [1.165, 1.54) is 96.3 Å². The lowest BCUT2D eigenvalue weighted by atomic mass is 10.0. The van der Waals surface area contributed by atoms with E-state index in [9.17, 15) is 24.3 Å². The van der Waals surface area contributed by atoms with Crippen molar-refractivity contribution in [2.24, 2.45) is 0 Å². The molecule has 0 saturated heterocycles. The maximum absolute atomic E-state index is 12.8. The quantitative estimate of drug-likeness (QED) is 0.0375. The fourth-order valence-electron chi connectivity index (χ4n) is 8.22. The first-order chi connectivity index (χ1) is 29.3. The number of hydrogen-bond acceptors (Lipinski definition) is 9. The van der Waals surface area contributed by atoms with E-state index in [4.69, 9.17) is 9.47 Å². The first kappa shape index (κ1) is 55.6. The Bertz CT molecular complexity index is 1210. The number of ether oxygens (including phenoxy) is 2. The number of carbonyl (C=O) groups excluding carboxylic acids is 2. The summed E-state index contributed by atoms with van der Waals surface area (Å²) in [6, 6.07) is 0. The van der Waals surface area contributed by atoms with Gasteiger partial charge in [-0.05, 0) is 96.7 Å². The number of anilines is 1. The van der Waals surface area contributed by atoms with Crippen LogP contribution < -0.4 is 16.2 Å². The molecule has 0 amide bonds. The number of carbonyl (C=O) groups is 2. The van der Waals surface area contributed by atoms with Crippen molar-refractivity contribution in [2.45, 2.75) is 265 Å². The molecule has 1 aromatic rings. The first-order valence-electron chi connectivity index (χ1n) is 25.6. The van der Waals surface area contributed by atoms with Gasteiger partial charge in [-0.25, -0.2) is 0 Å². The van der Waals surface area contributed by atoms with Crippen molar-refractivity contribution in [3.63, 3.8) is 0 Å². The van der Waals surface area contributed by atoms with Crippen molar-refractivity contribution in [3.8, 4) is 5.75 Å². The zero-order valence-electron chi connectivity index (χ0n) is 39.6. The number of unbranched alkanes of at least 4 members (excludes halogenated alkanes) is 23. The molecule has 0 heterocycles. The number of hydrogen-bond donors (Lipinski definition) is 2. The monoisotopic (exact) mass is 847 g/mol. The highest BCUT2D eigenvalue weighted by molar-refractivity contribution is 5.69. The summed E-state index contributed by atoms with van der Waals surface area (Å²) < 4.78 is 11.8. The maximum atomic E-state index is 12.8. The minimum atomic E-state index is -0.808. The fraction of sp³-hybridized carbons (Fsp3) is 0.882. The lowest BCUT2D eigenvalue weighted by Crippen LogP contribution is -2.34. The van der Waals surface area contributed by atoms with Gasteiger partial charge >= 0.3 is 11.9 Å². The standard InChI is InChI=1S/C51H94N2O7/c1-5-9-12-15-20-27-35-44(8-4)59-46(54)38-30-23-18-25-32-41-53(43-34-40-52-48-49(56)51(58)50(48)57)42-33-26-19-24-31-39-47(55)60-45(36-28-21-16-13-10-6-2)37-29-22-17-14-11-7-3/h44-45,52,56H,5-43H2,1-4H3. The van der Waals surface area contributed by atoms with Gasteiger partial charge in [-0.1, -0.05) is 163 Å². The Hall–Kier alpha value is -2.42. The molecule has 1 rings (SSSR count). The predicted octanol–water partition coefficient (Wildman–Crippen LogP) is 13.3. The van der Waals surface area contributed by atoms with Crippen LogP contribution in [0.1, 0.15) is 252 Å². The molecule has 0 aromatic heterocycles. The summed E-state index contributed by atoms with van der Waals surface area (Å²) in [5.41, 5.74) is -1.39. The Labute approximate surface area is 368 Å². The zero-order valence-corrected chi connectivity index (χ0v) is 39.6. The van der Waals surface area contributed by atoms with Crippen LogP contribution in [-0.2, 0) is 19.1 Å². The summed E-state index contributed by atoms with van der Waals surface area (Å²) in [6.45, 7) is 12.2. The van der Waals surface area contributed by atoms with Gasteiger partial charge in [-0.3, -0.25) is 19.2 Å². The molecule has 0 saturated carbocycles. The minimum absolute atomic E-state index is 0.0160. The fourth-order valence-corrected chi connectivity index (χ4v) is 8.22. The minimum Gasteiger partial charge on any atom is -0.502 e. The van der Waals surface area contributed by atoms with Crippen molar-refractivity contribution < 1.29 is 24.2 Å².